The molecule has 29 heavy (non-hydrogen) atoms. The quantitative estimate of drug-likeness (QED) is 0.581. The van der Waals surface area contributed by atoms with E-state index in [0.29, 0.717) is 17.0 Å². The SMILES string of the molecule is CCc1ccc(N2C(=O)C3C=CC=CC3=[N+](CC(=O)c3ccccc3)C2=O)cc1. The molecule has 1 heterocycles. The Kier molecular flexibility index (Phi) is 5.04. The number of imide groups is 1. The van der Waals surface area contributed by atoms with Gasteiger partial charge in [0.25, 0.3) is 0 Å². The number of ketones is 1. The van der Waals surface area contributed by atoms with E-state index >= 15 is 0 Å². The second-order valence-corrected chi connectivity index (χ2v) is 7.00. The van der Waals surface area contributed by atoms with E-state index in [1.165, 1.54) is 9.48 Å². The highest BCUT2D eigenvalue weighted by molar-refractivity contribution is 6.26. The van der Waals surface area contributed by atoms with Crippen LogP contribution in [-0.4, -0.2) is 34.6 Å². The number of hydrogen-bond donors (Lipinski definition) is 0. The Bertz CT molecular complexity index is 1060. The lowest BCUT2D eigenvalue weighted by Gasteiger charge is -2.26. The van der Waals surface area contributed by atoms with Crippen molar-refractivity contribution in [3.05, 3.63) is 90.0 Å². The van der Waals surface area contributed by atoms with Crippen LogP contribution in [0.2, 0.25) is 0 Å². The summed E-state index contributed by atoms with van der Waals surface area (Å²) >= 11 is 0. The fraction of sp³-hybridized carbons (Fsp3) is 0.167. The number of hydrogen-bond acceptors (Lipinski definition) is 3. The second kappa shape index (κ2) is 7.80. The van der Waals surface area contributed by atoms with E-state index in [-0.39, 0.29) is 18.2 Å². The van der Waals surface area contributed by atoms with Crippen molar-refractivity contribution in [3.63, 3.8) is 0 Å². The number of nitrogens with zero attached hydrogens (tertiary/aromatic N) is 2. The van der Waals surface area contributed by atoms with Gasteiger partial charge in [-0.3, -0.25) is 4.79 Å². The van der Waals surface area contributed by atoms with Crippen LogP contribution in [0.3, 0.4) is 0 Å². The third-order valence-corrected chi connectivity index (χ3v) is 5.22. The molecule has 1 atom stereocenters. The minimum Gasteiger partial charge on any atom is -0.290 e. The molecule has 0 spiro atoms. The highest BCUT2D eigenvalue weighted by Crippen LogP contribution is 2.26. The zero-order valence-electron chi connectivity index (χ0n) is 16.1. The van der Waals surface area contributed by atoms with Crippen molar-refractivity contribution >= 4 is 29.1 Å². The van der Waals surface area contributed by atoms with Crippen molar-refractivity contribution in [2.75, 3.05) is 11.4 Å². The number of rotatable bonds is 5. The third-order valence-electron chi connectivity index (χ3n) is 5.22. The summed E-state index contributed by atoms with van der Waals surface area (Å²) < 4.78 is 1.41. The summed E-state index contributed by atoms with van der Waals surface area (Å²) in [7, 11) is 0. The molecule has 0 saturated heterocycles. The monoisotopic (exact) mass is 385 g/mol. The number of allylic oxidation sites excluding steroid dienone is 3. The van der Waals surface area contributed by atoms with Crippen LogP contribution in [0.15, 0.2) is 78.9 Å². The van der Waals surface area contributed by atoms with E-state index in [1.807, 2.05) is 25.1 Å². The van der Waals surface area contributed by atoms with Crippen LogP contribution in [0, 0.1) is 5.92 Å². The second-order valence-electron chi connectivity index (χ2n) is 7.00. The van der Waals surface area contributed by atoms with Crippen LogP contribution in [0.4, 0.5) is 10.5 Å². The number of anilines is 1. The minimum absolute atomic E-state index is 0.121. The van der Waals surface area contributed by atoms with Crippen LogP contribution >= 0.6 is 0 Å². The Balaban J connectivity index is 1.74. The molecule has 1 aliphatic heterocycles. The maximum absolute atomic E-state index is 13.3. The standard InChI is InChI=1S/C24H21N2O3/c1-2-17-12-14-19(15-13-17)26-23(28)20-10-6-7-11-21(20)25(24(26)29)16-22(27)18-8-4-3-5-9-18/h3-15,20H,2,16H2,1H3/q+1. The lowest BCUT2D eigenvalue weighted by atomic mass is 9.94. The van der Waals surface area contributed by atoms with Gasteiger partial charge in [-0.15, -0.1) is 4.90 Å². The van der Waals surface area contributed by atoms with Gasteiger partial charge in [-0.1, -0.05) is 67.6 Å². The van der Waals surface area contributed by atoms with Crippen molar-refractivity contribution < 1.29 is 19.0 Å². The first-order chi connectivity index (χ1) is 14.1. The summed E-state index contributed by atoms with van der Waals surface area (Å²) in [6.07, 6.45) is 7.93. The average molecular weight is 385 g/mol. The minimum atomic E-state index is -0.591. The molecule has 2 aromatic rings. The van der Waals surface area contributed by atoms with E-state index in [1.54, 1.807) is 60.7 Å². The van der Waals surface area contributed by atoms with Crippen molar-refractivity contribution in [1.29, 1.82) is 0 Å². The van der Waals surface area contributed by atoms with Gasteiger partial charge in [0, 0.05) is 5.56 Å². The highest BCUT2D eigenvalue weighted by atomic mass is 16.2. The molecule has 0 bridgehead atoms. The van der Waals surface area contributed by atoms with E-state index < -0.39 is 11.9 Å². The smallest absolute Gasteiger partial charge is 0.290 e. The third kappa shape index (κ3) is 3.47. The lowest BCUT2D eigenvalue weighted by molar-refractivity contribution is -0.413. The van der Waals surface area contributed by atoms with Crippen LogP contribution in [-0.2, 0) is 11.2 Å². The van der Waals surface area contributed by atoms with Gasteiger partial charge in [-0.2, -0.15) is 9.37 Å². The van der Waals surface area contributed by atoms with Gasteiger partial charge in [0.15, 0.2) is 6.54 Å². The fourth-order valence-corrected chi connectivity index (χ4v) is 3.60. The van der Waals surface area contributed by atoms with E-state index in [9.17, 15) is 14.4 Å². The number of carbonyl (C=O) groups excluding carboxylic acids is 3. The summed E-state index contributed by atoms with van der Waals surface area (Å²) in [6.45, 7) is 1.92. The van der Waals surface area contributed by atoms with Crippen molar-refractivity contribution in [2.24, 2.45) is 5.92 Å². The largest absolute Gasteiger partial charge is 0.506 e. The van der Waals surface area contributed by atoms with E-state index in [4.69, 9.17) is 0 Å². The van der Waals surface area contributed by atoms with Gasteiger partial charge in [-0.25, -0.2) is 4.79 Å². The highest BCUT2D eigenvalue weighted by Gasteiger charge is 2.48. The fourth-order valence-electron chi connectivity index (χ4n) is 3.60. The van der Waals surface area contributed by atoms with Crippen molar-refractivity contribution in [3.8, 4) is 0 Å². The zero-order valence-corrected chi connectivity index (χ0v) is 16.1. The molecule has 0 fully saturated rings. The molecular formula is C24H21N2O3+. The van der Waals surface area contributed by atoms with Gasteiger partial charge in [0.05, 0.1) is 0 Å². The van der Waals surface area contributed by atoms with Crippen LogP contribution < -0.4 is 4.90 Å². The molecule has 5 nitrogen and oxygen atoms in total. The van der Waals surface area contributed by atoms with Crippen molar-refractivity contribution in [1.82, 2.24) is 0 Å². The number of aryl methyl sites for hydroxylation is 1. The maximum Gasteiger partial charge on any atom is 0.506 e. The maximum atomic E-state index is 13.3. The van der Waals surface area contributed by atoms with Crippen LogP contribution in [0.5, 0.6) is 0 Å². The van der Waals surface area contributed by atoms with E-state index in [0.717, 1.165) is 12.0 Å². The number of Topliss-reactive ketones (excluding diaryl/α,β-unsaturated/α-hetero) is 1. The molecule has 0 N–H and O–H groups in total. The van der Waals surface area contributed by atoms with Gasteiger partial charge >= 0.3 is 11.9 Å². The molecule has 1 unspecified atom stereocenters. The molecule has 144 valence electrons. The summed E-state index contributed by atoms with van der Waals surface area (Å²) in [5.74, 6) is -1.07. The van der Waals surface area contributed by atoms with Crippen LogP contribution in [0.25, 0.3) is 0 Å². The van der Waals surface area contributed by atoms with Gasteiger partial charge in [0.2, 0.25) is 5.78 Å². The lowest BCUT2D eigenvalue weighted by Crippen LogP contribution is -2.55. The Labute approximate surface area is 169 Å². The van der Waals surface area contributed by atoms with Gasteiger partial charge in [0.1, 0.15) is 17.3 Å². The first kappa shape index (κ1) is 18.7. The molecule has 0 radical (unpaired) electrons. The first-order valence-electron chi connectivity index (χ1n) is 9.64. The average Bonchev–Trinajstić information content (AvgIpc) is 2.77. The Morgan fingerprint density at radius 2 is 1.72 bits per heavy atom. The molecule has 2 aliphatic rings. The molecule has 1 aliphatic carbocycles. The summed E-state index contributed by atoms with van der Waals surface area (Å²) in [4.78, 5) is 40.4. The number of carbonyl (C=O) groups is 3. The van der Waals surface area contributed by atoms with Gasteiger partial charge < -0.3 is 0 Å². The number of amides is 3. The summed E-state index contributed by atoms with van der Waals surface area (Å²) in [5.41, 5.74) is 2.70. The molecule has 4 rings (SSSR count). The zero-order chi connectivity index (χ0) is 20.4. The van der Waals surface area contributed by atoms with Crippen LogP contribution in [0.1, 0.15) is 22.8 Å². The summed E-state index contributed by atoms with van der Waals surface area (Å²) in [5, 5.41) is 0. The van der Waals surface area contributed by atoms with Crippen molar-refractivity contribution in [2.45, 2.75) is 13.3 Å². The molecular weight excluding hydrogens is 364 g/mol. The molecule has 2 aromatic carbocycles. The topological polar surface area (TPSA) is 57.5 Å². The first-order valence-corrected chi connectivity index (χ1v) is 9.64. The summed E-state index contributed by atoms with van der Waals surface area (Å²) in [6, 6.07) is 15.7. The normalized spacial score (nSPS) is 18.2. The van der Waals surface area contributed by atoms with Gasteiger partial charge in [-0.05, 0) is 30.2 Å². The number of fused-ring (bicyclic) bond motifs is 1. The molecule has 5 heteroatoms. The predicted molar refractivity (Wildman–Crippen MR) is 111 cm³/mol. The molecule has 0 saturated carbocycles. The molecule has 3 amide bonds. The number of urea groups is 1. The Morgan fingerprint density at radius 1 is 1.00 bits per heavy atom. The molecule has 0 aromatic heterocycles. The Hall–Kier alpha value is -3.60. The predicted octanol–water partition coefficient (Wildman–Crippen LogP) is 3.79. The Morgan fingerprint density at radius 3 is 2.41 bits per heavy atom. The van der Waals surface area contributed by atoms with E-state index in [2.05, 4.69) is 0 Å². The number of benzene rings is 2.